The van der Waals surface area contributed by atoms with Gasteiger partial charge in [-0.1, -0.05) is 0 Å². The van der Waals surface area contributed by atoms with Gasteiger partial charge in [-0.25, -0.2) is 0 Å². The highest BCUT2D eigenvalue weighted by molar-refractivity contribution is 9.10. The van der Waals surface area contributed by atoms with Crippen LogP contribution in [0.15, 0.2) is 21.2 Å². The summed E-state index contributed by atoms with van der Waals surface area (Å²) in [5, 5.41) is 17.8. The van der Waals surface area contributed by atoms with Crippen molar-refractivity contribution in [2.75, 3.05) is 0 Å². The number of carboxylic acids is 1. The lowest BCUT2D eigenvalue weighted by molar-refractivity contribution is -0.141. The van der Waals surface area contributed by atoms with E-state index in [1.807, 2.05) is 0 Å². The van der Waals surface area contributed by atoms with Crippen LogP contribution in [0.5, 0.6) is 0 Å². The fraction of sp³-hybridized carbons (Fsp3) is 0.286. The van der Waals surface area contributed by atoms with Gasteiger partial charge in [-0.3, -0.25) is 4.79 Å². The summed E-state index contributed by atoms with van der Waals surface area (Å²) < 4.78 is 5.36. The third-order valence-electron chi connectivity index (χ3n) is 1.51. The number of halogens is 1. The zero-order chi connectivity index (χ0) is 10.0. The average molecular weight is 250 g/mol. The molecule has 0 amide bonds. The molecule has 72 valence electrons. The van der Waals surface area contributed by atoms with Crippen LogP contribution in [0.2, 0.25) is 0 Å². The fourth-order valence-corrected chi connectivity index (χ4v) is 1.12. The van der Waals surface area contributed by atoms with Crippen molar-refractivity contribution >= 4 is 21.9 Å². The van der Waals surface area contributed by atoms with Gasteiger partial charge in [-0.15, -0.1) is 0 Å². The molecule has 1 rings (SSSR count). The van der Waals surface area contributed by atoms with E-state index in [4.69, 9.17) is 15.3 Å². The van der Waals surface area contributed by atoms with Crippen LogP contribution in [0.25, 0.3) is 0 Å². The first-order valence-electron chi connectivity index (χ1n) is 3.44. The third kappa shape index (κ3) is 2.30. The molecule has 0 saturated heterocycles. The summed E-state index contributed by atoms with van der Waals surface area (Å²) in [6.45, 7) is 0. The van der Waals surface area contributed by atoms with E-state index >= 15 is 0 Å². The number of aliphatic hydroxyl groups is 1. The van der Waals surface area contributed by atoms with E-state index in [1.54, 1.807) is 6.07 Å². The molecule has 1 aromatic heterocycles. The van der Waals surface area contributed by atoms with E-state index < -0.39 is 18.1 Å². The number of aliphatic hydroxyl groups excluding tert-OH is 1. The van der Waals surface area contributed by atoms with Gasteiger partial charge in [0.15, 0.2) is 4.67 Å². The number of hydrogen-bond acceptors (Lipinski definition) is 4. The summed E-state index contributed by atoms with van der Waals surface area (Å²) in [4.78, 5) is 10.4. The molecular weight excluding hydrogens is 242 g/mol. The molecule has 0 fully saturated rings. The van der Waals surface area contributed by atoms with Gasteiger partial charge in [-0.2, -0.15) is 0 Å². The standard InChI is InChI=1S/C7H8BrNO4/c8-4-2-1-3(13-4)6(10)5(9)7(11)12/h1-2,5-6,10H,9H2,(H,11,12). The largest absolute Gasteiger partial charge is 0.480 e. The van der Waals surface area contributed by atoms with Gasteiger partial charge in [0.05, 0.1) is 0 Å². The molecule has 4 N–H and O–H groups in total. The number of carboxylic acid groups (broad SMARTS) is 1. The van der Waals surface area contributed by atoms with Crippen molar-refractivity contribution in [1.82, 2.24) is 0 Å². The Morgan fingerprint density at radius 3 is 2.62 bits per heavy atom. The van der Waals surface area contributed by atoms with Gasteiger partial charge in [0.25, 0.3) is 0 Å². The Morgan fingerprint density at radius 1 is 1.62 bits per heavy atom. The maximum Gasteiger partial charge on any atom is 0.323 e. The second-order valence-corrected chi connectivity index (χ2v) is 3.23. The molecule has 0 bridgehead atoms. The minimum Gasteiger partial charge on any atom is -0.480 e. The Labute approximate surface area is 82.3 Å². The average Bonchev–Trinajstić information content (AvgIpc) is 2.49. The summed E-state index contributed by atoms with van der Waals surface area (Å²) in [6, 6.07) is 1.63. The lowest BCUT2D eigenvalue weighted by Gasteiger charge is -2.11. The lowest BCUT2D eigenvalue weighted by atomic mass is 10.1. The van der Waals surface area contributed by atoms with Gasteiger partial charge in [0.2, 0.25) is 0 Å². The Bertz CT molecular complexity index is 311. The molecule has 6 heteroatoms. The van der Waals surface area contributed by atoms with Crippen molar-refractivity contribution in [3.05, 3.63) is 22.6 Å². The zero-order valence-corrected chi connectivity index (χ0v) is 8.06. The molecule has 1 heterocycles. The van der Waals surface area contributed by atoms with Crippen molar-refractivity contribution in [3.8, 4) is 0 Å². The lowest BCUT2D eigenvalue weighted by Crippen LogP contribution is -2.36. The van der Waals surface area contributed by atoms with Gasteiger partial charge < -0.3 is 20.4 Å². The summed E-state index contributed by atoms with van der Waals surface area (Å²) >= 11 is 3.02. The van der Waals surface area contributed by atoms with Crippen LogP contribution in [0.4, 0.5) is 0 Å². The molecule has 0 aliphatic carbocycles. The van der Waals surface area contributed by atoms with Crippen LogP contribution < -0.4 is 5.73 Å². The molecule has 5 nitrogen and oxygen atoms in total. The molecule has 0 radical (unpaired) electrons. The molecule has 0 spiro atoms. The van der Waals surface area contributed by atoms with Crippen molar-refractivity contribution in [2.24, 2.45) is 5.73 Å². The van der Waals surface area contributed by atoms with Crippen LogP contribution in [0.3, 0.4) is 0 Å². The molecule has 0 saturated carbocycles. The van der Waals surface area contributed by atoms with Crippen molar-refractivity contribution < 1.29 is 19.4 Å². The predicted octanol–water partition coefficient (Wildman–Crippen LogP) is 0.487. The van der Waals surface area contributed by atoms with Crippen LogP contribution in [0.1, 0.15) is 11.9 Å². The van der Waals surface area contributed by atoms with Crippen LogP contribution in [-0.4, -0.2) is 22.2 Å². The molecule has 2 atom stereocenters. The first-order chi connectivity index (χ1) is 6.02. The SMILES string of the molecule is NC(C(=O)O)C(O)c1ccc(Br)o1. The van der Waals surface area contributed by atoms with E-state index in [0.717, 1.165) is 0 Å². The Hall–Kier alpha value is -0.850. The second-order valence-electron chi connectivity index (χ2n) is 2.45. The van der Waals surface area contributed by atoms with Crippen LogP contribution in [0, 0.1) is 0 Å². The molecule has 1 aromatic rings. The van der Waals surface area contributed by atoms with Crippen molar-refractivity contribution in [2.45, 2.75) is 12.1 Å². The minimum atomic E-state index is -1.38. The number of rotatable bonds is 3. The van der Waals surface area contributed by atoms with Crippen LogP contribution in [-0.2, 0) is 4.79 Å². The molecule has 0 aromatic carbocycles. The zero-order valence-electron chi connectivity index (χ0n) is 6.48. The van der Waals surface area contributed by atoms with Gasteiger partial charge in [0, 0.05) is 0 Å². The highest BCUT2D eigenvalue weighted by atomic mass is 79.9. The summed E-state index contributed by atoms with van der Waals surface area (Å²) in [5.41, 5.74) is 5.18. The smallest absolute Gasteiger partial charge is 0.323 e. The minimum absolute atomic E-state index is 0.127. The number of nitrogens with two attached hydrogens (primary N) is 1. The number of aliphatic carboxylic acids is 1. The molecular formula is C7H8BrNO4. The van der Waals surface area contributed by atoms with E-state index in [2.05, 4.69) is 15.9 Å². The quantitative estimate of drug-likeness (QED) is 0.725. The topological polar surface area (TPSA) is 96.7 Å². The summed E-state index contributed by atoms with van der Waals surface area (Å²) in [5.74, 6) is -1.15. The Morgan fingerprint density at radius 2 is 2.23 bits per heavy atom. The molecule has 0 aliphatic heterocycles. The first-order valence-corrected chi connectivity index (χ1v) is 4.23. The van der Waals surface area contributed by atoms with E-state index in [0.29, 0.717) is 4.67 Å². The number of carbonyl (C=O) groups is 1. The molecule has 13 heavy (non-hydrogen) atoms. The fourth-order valence-electron chi connectivity index (χ4n) is 0.799. The van der Waals surface area contributed by atoms with E-state index in [9.17, 15) is 9.90 Å². The Balaban J connectivity index is 2.78. The van der Waals surface area contributed by atoms with E-state index in [1.165, 1.54) is 6.07 Å². The maximum atomic E-state index is 10.4. The molecule has 0 aliphatic rings. The third-order valence-corrected chi connectivity index (χ3v) is 1.94. The Kier molecular flexibility index (Phi) is 3.07. The van der Waals surface area contributed by atoms with Crippen LogP contribution >= 0.6 is 15.9 Å². The van der Waals surface area contributed by atoms with E-state index in [-0.39, 0.29) is 5.76 Å². The summed E-state index contributed by atoms with van der Waals surface area (Å²) in [7, 11) is 0. The normalized spacial score (nSPS) is 15.3. The monoisotopic (exact) mass is 249 g/mol. The second kappa shape index (κ2) is 3.91. The number of hydrogen-bond donors (Lipinski definition) is 3. The molecule has 2 unspecified atom stereocenters. The van der Waals surface area contributed by atoms with Gasteiger partial charge in [-0.05, 0) is 28.1 Å². The van der Waals surface area contributed by atoms with Gasteiger partial charge in [0.1, 0.15) is 17.9 Å². The highest BCUT2D eigenvalue weighted by Crippen LogP contribution is 2.21. The number of furan rings is 1. The highest BCUT2D eigenvalue weighted by Gasteiger charge is 2.25. The van der Waals surface area contributed by atoms with Crippen molar-refractivity contribution in [1.29, 1.82) is 0 Å². The van der Waals surface area contributed by atoms with Gasteiger partial charge >= 0.3 is 5.97 Å². The first kappa shape index (κ1) is 10.2. The predicted molar refractivity (Wildman–Crippen MR) is 47.0 cm³/mol. The summed E-state index contributed by atoms with van der Waals surface area (Å²) in [6.07, 6.45) is -1.33. The maximum absolute atomic E-state index is 10.4. The van der Waals surface area contributed by atoms with Crippen molar-refractivity contribution in [3.63, 3.8) is 0 Å².